The third-order valence-corrected chi connectivity index (χ3v) is 7.40. The van der Waals surface area contributed by atoms with Gasteiger partial charge in [0.1, 0.15) is 5.75 Å². The number of rotatable bonds is 12. The van der Waals surface area contributed by atoms with E-state index >= 15 is 0 Å². The Morgan fingerprint density at radius 2 is 1.62 bits per heavy atom. The van der Waals surface area contributed by atoms with Crippen LogP contribution in [-0.4, -0.2) is 46.4 Å². The number of nitrogens with one attached hydrogen (secondary N) is 2. The van der Waals surface area contributed by atoms with Crippen LogP contribution < -0.4 is 11.1 Å². The minimum Gasteiger partial charge on any atom is -0.508 e. The topological polar surface area (TPSA) is 111 Å². The highest BCUT2D eigenvalue weighted by Gasteiger charge is 2.17. The Bertz CT molecular complexity index is 1660. The van der Waals surface area contributed by atoms with Crippen LogP contribution in [0.15, 0.2) is 103 Å². The second-order valence-corrected chi connectivity index (χ2v) is 10.4. The fraction of sp³-hybridized carbons (Fsp3) is 0.200. The van der Waals surface area contributed by atoms with E-state index in [0.29, 0.717) is 44.6 Å². The molecular formula is C35H36N4O3. The van der Waals surface area contributed by atoms with E-state index in [1.165, 1.54) is 0 Å². The van der Waals surface area contributed by atoms with Gasteiger partial charge in [-0.1, -0.05) is 60.7 Å². The highest BCUT2D eigenvalue weighted by molar-refractivity contribution is 5.95. The Kier molecular flexibility index (Phi) is 9.31. The van der Waals surface area contributed by atoms with Gasteiger partial charge < -0.3 is 26.0 Å². The molecule has 7 nitrogen and oxygen atoms in total. The lowest BCUT2D eigenvalue weighted by atomic mass is 10.0. The van der Waals surface area contributed by atoms with Gasteiger partial charge in [0.05, 0.1) is 6.42 Å². The molecule has 2 amide bonds. The number of nitrogens with zero attached hydrogens (tertiary/aromatic N) is 1. The maximum absolute atomic E-state index is 13.7. The quantitative estimate of drug-likeness (QED) is 0.152. The molecule has 42 heavy (non-hydrogen) atoms. The first-order chi connectivity index (χ1) is 20.5. The lowest BCUT2D eigenvalue weighted by Crippen LogP contribution is -2.33. The maximum Gasteiger partial charge on any atom is 0.251 e. The van der Waals surface area contributed by atoms with Gasteiger partial charge in [-0.3, -0.25) is 9.59 Å². The van der Waals surface area contributed by atoms with Gasteiger partial charge in [0, 0.05) is 42.3 Å². The van der Waals surface area contributed by atoms with E-state index in [9.17, 15) is 14.7 Å². The van der Waals surface area contributed by atoms with Crippen molar-refractivity contribution in [3.05, 3.63) is 126 Å². The van der Waals surface area contributed by atoms with Gasteiger partial charge >= 0.3 is 0 Å². The van der Waals surface area contributed by atoms with Crippen molar-refractivity contribution in [2.45, 2.75) is 25.8 Å². The first-order valence-electron chi connectivity index (χ1n) is 14.3. The van der Waals surface area contributed by atoms with Crippen molar-refractivity contribution in [2.75, 3.05) is 19.6 Å². The lowest BCUT2D eigenvalue weighted by Gasteiger charge is -2.23. The molecule has 4 aromatic carbocycles. The zero-order chi connectivity index (χ0) is 29.3. The molecule has 1 aromatic heterocycles. The molecule has 0 fully saturated rings. The molecule has 0 bridgehead atoms. The van der Waals surface area contributed by atoms with Gasteiger partial charge in [-0.15, -0.1) is 0 Å². The van der Waals surface area contributed by atoms with Crippen LogP contribution in [0.4, 0.5) is 0 Å². The fourth-order valence-corrected chi connectivity index (χ4v) is 5.09. The number of H-pyrrole nitrogens is 1. The van der Waals surface area contributed by atoms with E-state index in [1.807, 2.05) is 83.9 Å². The van der Waals surface area contributed by atoms with Gasteiger partial charge in [0.2, 0.25) is 5.91 Å². The number of aromatic hydroxyl groups is 1. The number of phenolic OH excluding ortho intramolecular Hbond substituents is 1. The zero-order valence-electron chi connectivity index (χ0n) is 23.6. The Labute approximate surface area is 246 Å². The number of fused-ring (bicyclic) bond motifs is 1. The molecule has 5 N–H and O–H groups in total. The van der Waals surface area contributed by atoms with Crippen molar-refractivity contribution in [1.29, 1.82) is 0 Å². The predicted octanol–water partition coefficient (Wildman–Crippen LogP) is 5.43. The van der Waals surface area contributed by atoms with Gasteiger partial charge in [0.25, 0.3) is 5.91 Å². The molecule has 0 saturated heterocycles. The minimum absolute atomic E-state index is 0.0417. The molecule has 0 unspecified atom stereocenters. The lowest BCUT2D eigenvalue weighted by molar-refractivity contribution is -0.131. The van der Waals surface area contributed by atoms with E-state index < -0.39 is 0 Å². The molecule has 5 rings (SSSR count). The molecule has 0 saturated carbocycles. The summed E-state index contributed by atoms with van der Waals surface area (Å²) in [6, 6.07) is 30.8. The van der Waals surface area contributed by atoms with Crippen LogP contribution in [0.5, 0.6) is 5.75 Å². The van der Waals surface area contributed by atoms with Crippen molar-refractivity contribution in [3.63, 3.8) is 0 Å². The van der Waals surface area contributed by atoms with Crippen LogP contribution in [0.3, 0.4) is 0 Å². The first-order valence-corrected chi connectivity index (χ1v) is 14.3. The van der Waals surface area contributed by atoms with E-state index in [1.54, 1.807) is 18.2 Å². The SMILES string of the molecule is NCCCNC(=O)c1cccc(-c2cccc(CN(CCc3ccc(O)cc3)C(=O)Cc3c[nH]c4ccccc34)c2)c1. The average Bonchev–Trinajstić information content (AvgIpc) is 3.43. The summed E-state index contributed by atoms with van der Waals surface area (Å²) in [5.41, 5.74) is 12.1. The number of hydrogen-bond acceptors (Lipinski definition) is 4. The Hall–Kier alpha value is -4.88. The third kappa shape index (κ3) is 7.25. The summed E-state index contributed by atoms with van der Waals surface area (Å²) in [4.78, 5) is 31.5. The summed E-state index contributed by atoms with van der Waals surface area (Å²) >= 11 is 0. The second-order valence-electron chi connectivity index (χ2n) is 10.4. The molecule has 0 atom stereocenters. The predicted molar refractivity (Wildman–Crippen MR) is 167 cm³/mol. The van der Waals surface area contributed by atoms with Crippen LogP contribution in [0.1, 0.15) is 33.5 Å². The number of benzene rings is 4. The average molecular weight is 561 g/mol. The minimum atomic E-state index is -0.121. The number of phenols is 1. The standard InChI is InChI=1S/C35H36N4O3/c36-17-5-18-37-35(42)29-9-4-8-28(21-29)27-7-3-6-26(20-27)24-39(19-16-25-12-14-31(40)15-13-25)34(41)22-30-23-38-33-11-2-1-10-32(30)33/h1-4,6-15,20-21,23,38,40H,5,16-19,22,24,36H2,(H,37,42). The Morgan fingerprint density at radius 1 is 0.857 bits per heavy atom. The summed E-state index contributed by atoms with van der Waals surface area (Å²) < 4.78 is 0. The first kappa shape index (κ1) is 28.6. The summed E-state index contributed by atoms with van der Waals surface area (Å²) in [5.74, 6) is 0.143. The largest absolute Gasteiger partial charge is 0.508 e. The van der Waals surface area contributed by atoms with E-state index in [0.717, 1.165) is 45.1 Å². The Balaban J connectivity index is 1.35. The van der Waals surface area contributed by atoms with Crippen molar-refractivity contribution in [1.82, 2.24) is 15.2 Å². The number of hydrogen-bond donors (Lipinski definition) is 4. The van der Waals surface area contributed by atoms with Crippen LogP contribution in [-0.2, 0) is 24.2 Å². The molecule has 0 aliphatic heterocycles. The van der Waals surface area contributed by atoms with Crippen LogP contribution in [0.25, 0.3) is 22.0 Å². The number of para-hydroxylation sites is 1. The van der Waals surface area contributed by atoms with E-state index in [4.69, 9.17) is 5.73 Å². The molecule has 0 aliphatic rings. The zero-order valence-corrected chi connectivity index (χ0v) is 23.6. The maximum atomic E-state index is 13.7. The Morgan fingerprint density at radius 3 is 2.43 bits per heavy atom. The van der Waals surface area contributed by atoms with Gasteiger partial charge in [-0.05, 0) is 83.6 Å². The van der Waals surface area contributed by atoms with Crippen molar-refractivity contribution in [3.8, 4) is 16.9 Å². The molecular weight excluding hydrogens is 524 g/mol. The van der Waals surface area contributed by atoms with Crippen LogP contribution in [0.2, 0.25) is 0 Å². The van der Waals surface area contributed by atoms with Gasteiger partial charge in [-0.25, -0.2) is 0 Å². The smallest absolute Gasteiger partial charge is 0.251 e. The molecule has 0 spiro atoms. The molecule has 0 aliphatic carbocycles. The van der Waals surface area contributed by atoms with Crippen molar-refractivity contribution < 1.29 is 14.7 Å². The molecule has 5 aromatic rings. The van der Waals surface area contributed by atoms with Crippen LogP contribution >= 0.6 is 0 Å². The highest BCUT2D eigenvalue weighted by Crippen LogP contribution is 2.24. The number of amides is 2. The monoisotopic (exact) mass is 560 g/mol. The number of aromatic nitrogens is 1. The summed E-state index contributed by atoms with van der Waals surface area (Å²) in [6.07, 6.45) is 3.61. The van der Waals surface area contributed by atoms with Crippen LogP contribution in [0, 0.1) is 0 Å². The fourth-order valence-electron chi connectivity index (χ4n) is 5.09. The molecule has 1 heterocycles. The number of aromatic amines is 1. The molecule has 0 radical (unpaired) electrons. The van der Waals surface area contributed by atoms with Gasteiger partial charge in [0.15, 0.2) is 0 Å². The van der Waals surface area contributed by atoms with E-state index in [2.05, 4.69) is 16.4 Å². The summed E-state index contributed by atoms with van der Waals surface area (Å²) in [5, 5.41) is 13.6. The van der Waals surface area contributed by atoms with Crippen molar-refractivity contribution in [2.24, 2.45) is 5.73 Å². The third-order valence-electron chi connectivity index (χ3n) is 7.40. The second kappa shape index (κ2) is 13.7. The van der Waals surface area contributed by atoms with Crippen molar-refractivity contribution >= 4 is 22.7 Å². The van der Waals surface area contributed by atoms with E-state index in [-0.39, 0.29) is 17.6 Å². The molecule has 7 heteroatoms. The van der Waals surface area contributed by atoms with Gasteiger partial charge in [-0.2, -0.15) is 0 Å². The number of carbonyl (C=O) groups excluding carboxylic acids is 2. The highest BCUT2D eigenvalue weighted by atomic mass is 16.3. The number of carbonyl (C=O) groups is 2. The summed E-state index contributed by atoms with van der Waals surface area (Å²) in [6.45, 7) is 2.06. The normalized spacial score (nSPS) is 11.0. The summed E-state index contributed by atoms with van der Waals surface area (Å²) in [7, 11) is 0. The number of nitrogens with two attached hydrogens (primary N) is 1. The molecule has 214 valence electrons.